The maximum absolute atomic E-state index is 12.1. The van der Waals surface area contributed by atoms with E-state index in [-0.39, 0.29) is 12.2 Å². The molecule has 1 heterocycles. The molecule has 0 aromatic heterocycles. The van der Waals surface area contributed by atoms with Crippen molar-refractivity contribution >= 4 is 12.3 Å². The Kier molecular flexibility index (Phi) is 5.03. The smallest absolute Gasteiger partial charge is 0.410 e. The van der Waals surface area contributed by atoms with E-state index in [0.29, 0.717) is 19.7 Å². The number of rotatable bonds is 2. The van der Waals surface area contributed by atoms with Gasteiger partial charge in [-0.2, -0.15) is 0 Å². The number of oxime groups is 1. The Bertz CT molecular complexity index is 534. The summed E-state index contributed by atoms with van der Waals surface area (Å²) in [4.78, 5) is 13.8. The summed E-state index contributed by atoms with van der Waals surface area (Å²) < 4.78 is 11.1. The monoisotopic (exact) mass is 306 g/mol. The predicted molar refractivity (Wildman–Crippen MR) is 82.3 cm³/mol. The predicted octanol–water partition coefficient (Wildman–Crippen LogP) is 2.80. The minimum absolute atomic E-state index is 0.179. The van der Waals surface area contributed by atoms with Crippen LogP contribution in [-0.4, -0.2) is 47.7 Å². The first-order valence-corrected chi connectivity index (χ1v) is 7.26. The normalized spacial score (nSPS) is 19.4. The van der Waals surface area contributed by atoms with Gasteiger partial charge in [0.1, 0.15) is 11.7 Å². The van der Waals surface area contributed by atoms with Gasteiger partial charge in [-0.1, -0.05) is 29.4 Å². The minimum atomic E-state index is -0.504. The fourth-order valence-electron chi connectivity index (χ4n) is 2.21. The molecule has 1 saturated heterocycles. The number of nitrogens with zero attached hydrogens (tertiary/aromatic N) is 2. The van der Waals surface area contributed by atoms with Crippen LogP contribution >= 0.6 is 0 Å². The maximum Gasteiger partial charge on any atom is 0.410 e. The Labute approximate surface area is 130 Å². The third-order valence-electron chi connectivity index (χ3n) is 3.23. The number of carbonyl (C=O) groups excluding carboxylic acids is 1. The van der Waals surface area contributed by atoms with Crippen LogP contribution in [0.3, 0.4) is 0 Å². The van der Waals surface area contributed by atoms with E-state index in [4.69, 9.17) is 14.7 Å². The van der Waals surface area contributed by atoms with Crippen LogP contribution in [0.1, 0.15) is 38.0 Å². The summed E-state index contributed by atoms with van der Waals surface area (Å²) in [5, 5.41) is 11.5. The van der Waals surface area contributed by atoms with Gasteiger partial charge in [-0.25, -0.2) is 4.79 Å². The molecule has 1 fully saturated rings. The Hall–Kier alpha value is -2.08. The van der Waals surface area contributed by atoms with Gasteiger partial charge in [-0.05, 0) is 31.9 Å². The summed E-state index contributed by atoms with van der Waals surface area (Å²) in [7, 11) is 0. The number of morpholine rings is 1. The van der Waals surface area contributed by atoms with Gasteiger partial charge in [-0.15, -0.1) is 0 Å². The van der Waals surface area contributed by atoms with E-state index in [9.17, 15) is 4.79 Å². The van der Waals surface area contributed by atoms with E-state index < -0.39 is 5.60 Å². The lowest BCUT2D eigenvalue weighted by Crippen LogP contribution is -2.44. The Balaban J connectivity index is 2.02. The van der Waals surface area contributed by atoms with E-state index in [0.717, 1.165) is 11.1 Å². The second-order valence-electron chi connectivity index (χ2n) is 6.20. The highest BCUT2D eigenvalue weighted by Gasteiger charge is 2.28. The van der Waals surface area contributed by atoms with E-state index in [1.807, 2.05) is 45.0 Å². The molecule has 1 N–H and O–H groups in total. The minimum Gasteiger partial charge on any atom is -0.444 e. The summed E-state index contributed by atoms with van der Waals surface area (Å²) in [6, 6.07) is 7.48. The maximum atomic E-state index is 12.1. The topological polar surface area (TPSA) is 71.4 Å². The molecular weight excluding hydrogens is 284 g/mol. The van der Waals surface area contributed by atoms with Crippen molar-refractivity contribution in [2.45, 2.75) is 32.5 Å². The van der Waals surface area contributed by atoms with Crippen molar-refractivity contribution < 1.29 is 19.5 Å². The quantitative estimate of drug-likeness (QED) is 0.518. The van der Waals surface area contributed by atoms with Crippen molar-refractivity contribution in [1.29, 1.82) is 0 Å². The van der Waals surface area contributed by atoms with Crippen molar-refractivity contribution in [2.75, 3.05) is 19.7 Å². The Morgan fingerprint density at radius 1 is 1.41 bits per heavy atom. The van der Waals surface area contributed by atoms with E-state index in [1.165, 1.54) is 6.21 Å². The molecule has 1 amide bonds. The van der Waals surface area contributed by atoms with Crippen molar-refractivity contribution in [2.24, 2.45) is 5.16 Å². The highest BCUT2D eigenvalue weighted by molar-refractivity contribution is 5.79. The molecule has 1 aromatic carbocycles. The van der Waals surface area contributed by atoms with Gasteiger partial charge in [0.25, 0.3) is 0 Å². The molecule has 120 valence electrons. The van der Waals surface area contributed by atoms with E-state index >= 15 is 0 Å². The average molecular weight is 306 g/mol. The lowest BCUT2D eigenvalue weighted by atomic mass is 10.1. The second kappa shape index (κ2) is 6.79. The molecule has 2 rings (SSSR count). The molecule has 0 radical (unpaired) electrons. The SMILES string of the molecule is CC(C)(C)OC(=O)N1CCO[C@@H](c2ccc(/C=N\O)cc2)C1. The first kappa shape index (κ1) is 16.3. The molecule has 0 spiro atoms. The van der Waals surface area contributed by atoms with Crippen molar-refractivity contribution in [3.05, 3.63) is 35.4 Å². The molecule has 1 aliphatic rings. The van der Waals surface area contributed by atoms with Gasteiger partial charge in [0.15, 0.2) is 0 Å². The molecule has 0 aliphatic carbocycles. The molecular formula is C16H22N2O4. The highest BCUT2D eigenvalue weighted by Crippen LogP contribution is 2.23. The molecule has 1 aliphatic heterocycles. The summed E-state index contributed by atoms with van der Waals surface area (Å²) in [5.74, 6) is 0. The Morgan fingerprint density at radius 2 is 2.09 bits per heavy atom. The third kappa shape index (κ3) is 4.46. The van der Waals surface area contributed by atoms with Crippen LogP contribution in [0.25, 0.3) is 0 Å². The van der Waals surface area contributed by atoms with E-state index in [1.54, 1.807) is 4.90 Å². The fraction of sp³-hybridized carbons (Fsp3) is 0.500. The molecule has 22 heavy (non-hydrogen) atoms. The standard InChI is InChI=1S/C16H22N2O4/c1-16(2,3)22-15(19)18-8-9-21-14(11-18)13-6-4-12(5-7-13)10-17-20/h4-7,10,14,20H,8-9,11H2,1-3H3/b17-10-/t14-/m1/s1. The number of hydrogen-bond donors (Lipinski definition) is 1. The lowest BCUT2D eigenvalue weighted by molar-refractivity contribution is -0.0432. The summed E-state index contributed by atoms with van der Waals surface area (Å²) in [6.45, 7) is 7.02. The van der Waals surface area contributed by atoms with Gasteiger partial charge in [0, 0.05) is 6.54 Å². The van der Waals surface area contributed by atoms with E-state index in [2.05, 4.69) is 5.16 Å². The first-order valence-electron chi connectivity index (χ1n) is 7.26. The summed E-state index contributed by atoms with van der Waals surface area (Å²) in [6.07, 6.45) is 0.865. The zero-order valence-corrected chi connectivity index (χ0v) is 13.2. The lowest BCUT2D eigenvalue weighted by Gasteiger charge is -2.34. The number of ether oxygens (including phenoxy) is 2. The molecule has 0 unspecified atom stereocenters. The fourth-order valence-corrected chi connectivity index (χ4v) is 2.21. The highest BCUT2D eigenvalue weighted by atomic mass is 16.6. The Morgan fingerprint density at radius 3 is 2.68 bits per heavy atom. The molecule has 1 atom stereocenters. The summed E-state index contributed by atoms with van der Waals surface area (Å²) >= 11 is 0. The number of amides is 1. The summed E-state index contributed by atoms with van der Waals surface area (Å²) in [5.41, 5.74) is 1.27. The zero-order valence-electron chi connectivity index (χ0n) is 13.2. The zero-order chi connectivity index (χ0) is 16.2. The van der Waals surface area contributed by atoms with Crippen LogP contribution in [-0.2, 0) is 9.47 Å². The van der Waals surface area contributed by atoms with Crippen LogP contribution in [0.2, 0.25) is 0 Å². The van der Waals surface area contributed by atoms with Gasteiger partial charge in [0.2, 0.25) is 0 Å². The van der Waals surface area contributed by atoms with Crippen molar-refractivity contribution in [1.82, 2.24) is 4.90 Å². The van der Waals surface area contributed by atoms with Gasteiger partial charge < -0.3 is 19.6 Å². The molecule has 0 bridgehead atoms. The van der Waals surface area contributed by atoms with Crippen molar-refractivity contribution in [3.8, 4) is 0 Å². The second-order valence-corrected chi connectivity index (χ2v) is 6.20. The number of hydrogen-bond acceptors (Lipinski definition) is 5. The largest absolute Gasteiger partial charge is 0.444 e. The molecule has 6 heteroatoms. The average Bonchev–Trinajstić information content (AvgIpc) is 2.47. The van der Waals surface area contributed by atoms with Crippen LogP contribution in [0.5, 0.6) is 0 Å². The van der Waals surface area contributed by atoms with Gasteiger partial charge in [-0.3, -0.25) is 0 Å². The van der Waals surface area contributed by atoms with Crippen LogP contribution < -0.4 is 0 Å². The van der Waals surface area contributed by atoms with Crippen LogP contribution in [0.15, 0.2) is 29.4 Å². The van der Waals surface area contributed by atoms with Crippen LogP contribution in [0.4, 0.5) is 4.79 Å². The molecule has 6 nitrogen and oxygen atoms in total. The van der Waals surface area contributed by atoms with Gasteiger partial charge >= 0.3 is 6.09 Å². The molecule has 1 aromatic rings. The van der Waals surface area contributed by atoms with Crippen LogP contribution in [0, 0.1) is 0 Å². The van der Waals surface area contributed by atoms with Gasteiger partial charge in [0.05, 0.1) is 19.4 Å². The third-order valence-corrected chi connectivity index (χ3v) is 3.23. The number of benzene rings is 1. The number of carbonyl (C=O) groups is 1. The first-order chi connectivity index (χ1) is 10.4. The van der Waals surface area contributed by atoms with Crippen molar-refractivity contribution in [3.63, 3.8) is 0 Å². The molecule has 0 saturated carbocycles.